The molecule has 4 aromatic heterocycles. The minimum atomic E-state index is -3.61. The third kappa shape index (κ3) is 13.9. The highest BCUT2D eigenvalue weighted by Crippen LogP contribution is 2.36. The first-order valence-corrected chi connectivity index (χ1v) is 29.1. The van der Waals surface area contributed by atoms with Crippen LogP contribution < -0.4 is 19.7 Å². The Labute approximate surface area is 460 Å². The number of rotatable bonds is 9. The lowest BCUT2D eigenvalue weighted by atomic mass is 9.98. The summed E-state index contributed by atoms with van der Waals surface area (Å²) in [5, 5.41) is 50.5. The van der Waals surface area contributed by atoms with Gasteiger partial charge in [-0.05, 0) is 88.8 Å². The molecular weight excluding hydrogens is 1110 g/mol. The molecular formula is C48H60Cl4N12O10S2. The molecule has 6 aromatic rings. The number of amides is 2. The van der Waals surface area contributed by atoms with Gasteiger partial charge in [-0.2, -0.15) is 10.2 Å². The maximum Gasteiger partial charge on any atom is 0.256 e. The number of aromatic nitrogens is 6. The lowest BCUT2D eigenvalue weighted by Gasteiger charge is -2.35. The number of aryl methyl sites for hydroxylation is 2. The van der Waals surface area contributed by atoms with Crippen molar-refractivity contribution in [3.05, 3.63) is 110 Å². The zero-order chi connectivity index (χ0) is 54.1. The number of nitrogens with zero attached hydrogens (tertiary/aromatic N) is 9. The molecule has 8 heterocycles. The molecule has 4 fully saturated rings. The van der Waals surface area contributed by atoms with E-state index in [4.69, 9.17) is 55.1 Å². The Hall–Kier alpha value is -5.12. The van der Waals surface area contributed by atoms with Crippen molar-refractivity contribution in [3.8, 4) is 0 Å². The highest BCUT2D eigenvalue weighted by molar-refractivity contribution is 7.92. The first-order valence-electron chi connectivity index (χ1n) is 24.2. The quantitative estimate of drug-likeness (QED) is 0.0958. The monoisotopic (exact) mass is 1170 g/mol. The molecule has 0 saturated carbocycles. The number of likely N-dealkylation sites (tertiary alicyclic amines) is 2. The normalized spacial score (nSPS) is 21.9. The Balaban J connectivity index is 0.000000196. The molecule has 412 valence electrons. The highest BCUT2D eigenvalue weighted by Gasteiger charge is 2.35. The van der Waals surface area contributed by atoms with Crippen LogP contribution in [0, 0.1) is 13.8 Å². The summed E-state index contributed by atoms with van der Waals surface area (Å²) in [5.41, 5.74) is 4.97. The minimum Gasteiger partial charge on any atom is -0.389 e. The summed E-state index contributed by atoms with van der Waals surface area (Å²) in [6, 6.07) is 12.1. The van der Waals surface area contributed by atoms with Gasteiger partial charge in [0.1, 0.15) is 11.0 Å². The molecule has 76 heavy (non-hydrogen) atoms. The number of nitrogens with one attached hydrogen (secondary N) is 3. The van der Waals surface area contributed by atoms with E-state index in [1.54, 1.807) is 31.1 Å². The van der Waals surface area contributed by atoms with E-state index in [0.29, 0.717) is 89.4 Å². The molecule has 2 aromatic carbocycles. The fraction of sp³-hybridized carbons (Fsp3) is 0.458. The van der Waals surface area contributed by atoms with Crippen LogP contribution in [0.5, 0.6) is 0 Å². The van der Waals surface area contributed by atoms with Crippen LogP contribution in [-0.2, 0) is 20.0 Å². The number of hydrogen-bond donors (Lipinski definition) is 7. The number of fused-ring (bicyclic) bond motifs is 2. The third-order valence-electron chi connectivity index (χ3n) is 13.1. The summed E-state index contributed by atoms with van der Waals surface area (Å²) in [6.45, 7) is 6.40. The second-order valence-corrected chi connectivity index (χ2v) is 23.9. The topological polar surface area (TPSA) is 290 Å². The predicted molar refractivity (Wildman–Crippen MR) is 292 cm³/mol. The van der Waals surface area contributed by atoms with Gasteiger partial charge in [0, 0.05) is 85.0 Å². The molecule has 10 rings (SSSR count). The standard InChI is InChI=1S/C24H29ClN6O5S.C20H21Cl2N5O3S.C4H9NO2.ClH/c1-14-11-31-22(26-23(14)29-12-20(32)21(33)13-29)10-18(27-31)19-5-3-4-8-30(19)24(34)16-9-15(25)6-7-17(16)28-37(2,35)36;1-12-11-27-18(23-19(12)22)10-16(24-27)17-5-3-4-8-26(17)20(28)14-9-13(21)6-7-15(14)25-31(2,29)30;6-3-1-5-2-4(3)7;/h6-7,9-11,19-21,28,32-33H,3-5,8,12-13H2,1-2H3;6-7,9-11,17,25H,3-5,8H2,1-2H3;3-7H,1-2H2;1H/t19-,20-,21-;17-;3-,4-;/m000./s1. The molecule has 2 amide bonds. The van der Waals surface area contributed by atoms with Crippen molar-refractivity contribution >= 4 is 108 Å². The number of carbonyl (C=O) groups excluding carboxylic acids is 2. The Kier molecular flexibility index (Phi) is 18.7. The van der Waals surface area contributed by atoms with Crippen LogP contribution in [0.3, 0.4) is 0 Å². The number of benzene rings is 2. The van der Waals surface area contributed by atoms with Crippen LogP contribution >= 0.6 is 47.2 Å². The molecule has 22 nitrogen and oxygen atoms in total. The van der Waals surface area contributed by atoms with Crippen molar-refractivity contribution in [2.45, 2.75) is 88.9 Å². The number of halogens is 4. The second kappa shape index (κ2) is 24.3. The van der Waals surface area contributed by atoms with Crippen molar-refractivity contribution in [2.75, 3.05) is 66.1 Å². The van der Waals surface area contributed by atoms with Gasteiger partial charge in [0.25, 0.3) is 11.8 Å². The highest BCUT2D eigenvalue weighted by atomic mass is 35.5. The number of carbonyl (C=O) groups is 2. The van der Waals surface area contributed by atoms with E-state index >= 15 is 0 Å². The van der Waals surface area contributed by atoms with E-state index in [-0.39, 0.29) is 58.8 Å². The van der Waals surface area contributed by atoms with Gasteiger partial charge in [-0.25, -0.2) is 35.8 Å². The summed E-state index contributed by atoms with van der Waals surface area (Å²) in [6.07, 6.45) is 7.92. The molecule has 0 spiro atoms. The lowest BCUT2D eigenvalue weighted by Crippen LogP contribution is -2.39. The average Bonchev–Trinajstić information content (AvgIpc) is 4.15. The van der Waals surface area contributed by atoms with Gasteiger partial charge in [-0.1, -0.05) is 34.8 Å². The van der Waals surface area contributed by atoms with Crippen LogP contribution in [0.1, 0.15) is 93.8 Å². The molecule has 7 N–H and O–H groups in total. The zero-order valence-corrected chi connectivity index (χ0v) is 46.6. The number of sulfonamides is 2. The first-order chi connectivity index (χ1) is 35.4. The molecule has 0 unspecified atom stereocenters. The SMILES string of the molecule is Cc1cn2nc([C@@H]3CCCCN3C(=O)c3cc(Cl)ccc3NS(C)(=O)=O)cc2nc1Cl.Cc1cn2nc([C@@H]3CCCCN3C(=O)c3cc(Cl)ccc3NS(C)(=O)=O)cc2nc1N1C[C@H](O)[C@@H](O)C1.Cl.O[C@H]1CNC[C@@H]1O. The van der Waals surface area contributed by atoms with Gasteiger partial charge in [0.2, 0.25) is 20.0 Å². The predicted octanol–water partition coefficient (Wildman–Crippen LogP) is 4.79. The number of aliphatic hydroxyl groups excluding tert-OH is 4. The van der Waals surface area contributed by atoms with Crippen molar-refractivity contribution in [3.63, 3.8) is 0 Å². The van der Waals surface area contributed by atoms with E-state index in [2.05, 4.69) is 24.8 Å². The Morgan fingerprint density at radius 3 is 1.49 bits per heavy atom. The number of hydrogen-bond acceptors (Lipinski definition) is 16. The minimum absolute atomic E-state index is 0. The van der Waals surface area contributed by atoms with Crippen LogP contribution in [0.15, 0.2) is 60.9 Å². The van der Waals surface area contributed by atoms with Gasteiger partial charge in [-0.15, -0.1) is 12.4 Å². The zero-order valence-electron chi connectivity index (χ0n) is 41.8. The van der Waals surface area contributed by atoms with Gasteiger partial charge >= 0.3 is 0 Å². The summed E-state index contributed by atoms with van der Waals surface area (Å²) in [5.74, 6) is 0.0272. The molecule has 28 heteroatoms. The largest absolute Gasteiger partial charge is 0.389 e. The first kappa shape index (κ1) is 58.6. The maximum atomic E-state index is 13.7. The number of aliphatic hydroxyl groups is 4. The third-order valence-corrected chi connectivity index (χ3v) is 15.2. The lowest BCUT2D eigenvalue weighted by molar-refractivity contribution is 0.0572. The maximum absolute atomic E-state index is 13.7. The van der Waals surface area contributed by atoms with Gasteiger partial charge < -0.3 is 40.4 Å². The van der Waals surface area contributed by atoms with Crippen LogP contribution in [0.4, 0.5) is 17.2 Å². The molecule has 0 bridgehead atoms. The van der Waals surface area contributed by atoms with E-state index in [0.717, 1.165) is 55.7 Å². The summed E-state index contributed by atoms with van der Waals surface area (Å²) < 4.78 is 55.5. The molecule has 4 aliphatic heterocycles. The summed E-state index contributed by atoms with van der Waals surface area (Å²) in [7, 11) is -7.17. The molecule has 0 aliphatic carbocycles. The van der Waals surface area contributed by atoms with Crippen molar-refractivity contribution in [2.24, 2.45) is 0 Å². The molecule has 4 aliphatic rings. The molecule has 6 atom stereocenters. The van der Waals surface area contributed by atoms with Crippen molar-refractivity contribution < 1.29 is 46.9 Å². The van der Waals surface area contributed by atoms with Gasteiger partial charge in [0.05, 0.1) is 82.9 Å². The number of anilines is 3. The van der Waals surface area contributed by atoms with Crippen LogP contribution in [0.25, 0.3) is 11.3 Å². The Bertz CT molecular complexity index is 3280. The Morgan fingerprint density at radius 1 is 0.632 bits per heavy atom. The smallest absolute Gasteiger partial charge is 0.256 e. The van der Waals surface area contributed by atoms with E-state index in [1.807, 2.05) is 37.1 Å². The van der Waals surface area contributed by atoms with E-state index in [9.17, 15) is 36.6 Å². The fourth-order valence-corrected chi connectivity index (χ4v) is 11.1. The van der Waals surface area contributed by atoms with Gasteiger partial charge in [-0.3, -0.25) is 19.0 Å². The Morgan fingerprint density at radius 2 is 1.07 bits per heavy atom. The average molecular weight is 1170 g/mol. The molecule has 4 saturated heterocycles. The molecule has 0 radical (unpaired) electrons. The van der Waals surface area contributed by atoms with E-state index in [1.165, 1.54) is 30.3 Å². The second-order valence-electron chi connectivity index (χ2n) is 19.2. The van der Waals surface area contributed by atoms with Crippen molar-refractivity contribution in [1.82, 2.24) is 44.3 Å². The van der Waals surface area contributed by atoms with Crippen molar-refractivity contribution in [1.29, 1.82) is 0 Å². The fourth-order valence-electron chi connectivity index (χ4n) is 9.50. The van der Waals surface area contributed by atoms with Gasteiger partial charge in [0.15, 0.2) is 11.3 Å². The van der Waals surface area contributed by atoms with Crippen LogP contribution in [0.2, 0.25) is 15.2 Å². The number of β-amino-alcohol motifs (C(OH)–C–C–N with tert-alkyl or cyclic N) is 4. The van der Waals surface area contributed by atoms with Crippen LogP contribution in [-0.4, -0.2) is 164 Å². The van der Waals surface area contributed by atoms with E-state index < -0.39 is 44.5 Å². The number of piperidine rings is 2. The summed E-state index contributed by atoms with van der Waals surface area (Å²) >= 11 is 18.4. The summed E-state index contributed by atoms with van der Waals surface area (Å²) in [4.78, 5) is 41.6.